The van der Waals surface area contributed by atoms with E-state index in [1.54, 1.807) is 0 Å². The zero-order chi connectivity index (χ0) is 10.9. The van der Waals surface area contributed by atoms with Crippen LogP contribution in [0.5, 0.6) is 0 Å². The second-order valence-corrected chi connectivity index (χ2v) is 3.44. The first-order valence-electron chi connectivity index (χ1n) is 3.33. The van der Waals surface area contributed by atoms with E-state index in [4.69, 9.17) is 0 Å². The van der Waals surface area contributed by atoms with Crippen LogP contribution >= 0.6 is 22.6 Å². The molecule has 0 saturated carbocycles. The van der Waals surface area contributed by atoms with Gasteiger partial charge in [0.1, 0.15) is 0 Å². The molecule has 1 heterocycles. The van der Waals surface area contributed by atoms with Crippen LogP contribution in [0, 0.1) is 3.57 Å². The average molecular weight is 323 g/mol. The third-order valence-corrected chi connectivity index (χ3v) is 2.56. The van der Waals surface area contributed by atoms with Crippen molar-refractivity contribution in [2.45, 2.75) is 12.6 Å². The molecule has 0 atom stereocenters. The van der Waals surface area contributed by atoms with Crippen molar-refractivity contribution in [1.29, 1.82) is 0 Å². The molecule has 0 amide bonds. The molecule has 0 bridgehead atoms. The van der Waals surface area contributed by atoms with Crippen molar-refractivity contribution in [2.75, 3.05) is 0 Å². The van der Waals surface area contributed by atoms with Crippen LogP contribution in [0.4, 0.5) is 22.0 Å². The molecule has 0 spiro atoms. The Kier molecular flexibility index (Phi) is 3.28. The lowest BCUT2D eigenvalue weighted by atomic mass is 10.2. The van der Waals surface area contributed by atoms with Crippen LogP contribution in [0.15, 0.2) is 12.3 Å². The number of hydrogen-bond donors (Lipinski definition) is 0. The Labute approximate surface area is 89.5 Å². The Morgan fingerprint density at radius 2 is 1.86 bits per heavy atom. The summed E-state index contributed by atoms with van der Waals surface area (Å²) in [7, 11) is 0. The average Bonchev–Trinajstić information content (AvgIpc) is 2.01. The monoisotopic (exact) mass is 323 g/mol. The molecule has 1 rings (SSSR count). The van der Waals surface area contributed by atoms with Crippen LogP contribution in [-0.2, 0) is 6.18 Å². The largest absolute Gasteiger partial charge is 0.434 e. The number of halogens is 6. The minimum Gasteiger partial charge on any atom is -0.251 e. The third kappa shape index (κ3) is 2.31. The first kappa shape index (κ1) is 11.6. The molecule has 1 nitrogen and oxygen atoms in total. The second kappa shape index (κ2) is 3.95. The molecule has 0 aliphatic carbocycles. The minimum absolute atomic E-state index is 0.549. The fourth-order valence-corrected chi connectivity index (χ4v) is 1.69. The van der Waals surface area contributed by atoms with Crippen molar-refractivity contribution in [1.82, 2.24) is 4.98 Å². The normalized spacial score (nSPS) is 12.2. The van der Waals surface area contributed by atoms with Gasteiger partial charge in [-0.3, -0.25) is 4.98 Å². The van der Waals surface area contributed by atoms with Crippen molar-refractivity contribution in [2.24, 2.45) is 0 Å². The number of hydrogen-bond acceptors (Lipinski definition) is 1. The summed E-state index contributed by atoms with van der Waals surface area (Å²) < 4.78 is 60.4. The van der Waals surface area contributed by atoms with Crippen molar-refractivity contribution in [3.63, 3.8) is 0 Å². The summed E-state index contributed by atoms with van der Waals surface area (Å²) in [5, 5.41) is 0. The molecule has 0 N–H and O–H groups in total. The van der Waals surface area contributed by atoms with Gasteiger partial charge in [-0.05, 0) is 28.7 Å². The van der Waals surface area contributed by atoms with Gasteiger partial charge < -0.3 is 0 Å². The SMILES string of the molecule is FC(F)c1ccnc(C(F)(F)F)c1I. The highest BCUT2D eigenvalue weighted by Crippen LogP contribution is 2.35. The van der Waals surface area contributed by atoms with Crippen molar-refractivity contribution in [3.8, 4) is 0 Å². The summed E-state index contributed by atoms with van der Waals surface area (Å²) in [5.41, 5.74) is -1.91. The lowest BCUT2D eigenvalue weighted by molar-refractivity contribution is -0.142. The van der Waals surface area contributed by atoms with Gasteiger partial charge in [-0.2, -0.15) is 13.2 Å². The summed E-state index contributed by atoms with van der Waals surface area (Å²) in [6, 6.07) is 0.877. The zero-order valence-corrected chi connectivity index (χ0v) is 8.60. The number of nitrogens with zero attached hydrogens (tertiary/aromatic N) is 1. The molecule has 0 aliphatic heterocycles. The van der Waals surface area contributed by atoms with Gasteiger partial charge in [0, 0.05) is 11.8 Å². The van der Waals surface area contributed by atoms with Crippen molar-refractivity contribution < 1.29 is 22.0 Å². The first-order chi connectivity index (χ1) is 6.34. The quantitative estimate of drug-likeness (QED) is 0.568. The molecule has 0 aliphatic rings. The predicted molar refractivity (Wildman–Crippen MR) is 46.9 cm³/mol. The van der Waals surface area contributed by atoms with Gasteiger partial charge >= 0.3 is 6.18 Å². The second-order valence-electron chi connectivity index (χ2n) is 2.36. The molecule has 1 aromatic heterocycles. The van der Waals surface area contributed by atoms with E-state index in [2.05, 4.69) is 4.98 Å². The summed E-state index contributed by atoms with van der Waals surface area (Å²) in [6.07, 6.45) is -6.89. The van der Waals surface area contributed by atoms with E-state index in [1.165, 1.54) is 22.6 Å². The number of alkyl halides is 5. The number of pyridine rings is 1. The van der Waals surface area contributed by atoms with Crippen LogP contribution in [-0.4, -0.2) is 4.98 Å². The van der Waals surface area contributed by atoms with Crippen LogP contribution in [0.3, 0.4) is 0 Å². The third-order valence-electron chi connectivity index (χ3n) is 1.42. The Balaban J connectivity index is 3.28. The van der Waals surface area contributed by atoms with Gasteiger partial charge in [0.05, 0.1) is 3.57 Å². The number of aromatic nitrogens is 1. The Morgan fingerprint density at radius 3 is 2.29 bits per heavy atom. The van der Waals surface area contributed by atoms with E-state index in [1.807, 2.05) is 0 Å². The van der Waals surface area contributed by atoms with Crippen molar-refractivity contribution in [3.05, 3.63) is 27.1 Å². The van der Waals surface area contributed by atoms with Crippen LogP contribution in [0.1, 0.15) is 17.7 Å². The summed E-state index contributed by atoms with van der Waals surface area (Å²) >= 11 is 1.22. The maximum absolute atomic E-state index is 12.2. The van der Waals surface area contributed by atoms with E-state index < -0.39 is 27.4 Å². The Bertz CT molecular complexity index is 335. The lowest BCUT2D eigenvalue weighted by Crippen LogP contribution is -2.12. The van der Waals surface area contributed by atoms with E-state index in [9.17, 15) is 22.0 Å². The lowest BCUT2D eigenvalue weighted by Gasteiger charge is -2.10. The predicted octanol–water partition coefficient (Wildman–Crippen LogP) is 3.64. The number of rotatable bonds is 1. The molecule has 0 aromatic carbocycles. The fourth-order valence-electron chi connectivity index (χ4n) is 0.825. The van der Waals surface area contributed by atoms with Gasteiger partial charge in [0.2, 0.25) is 0 Å². The summed E-state index contributed by atoms with van der Waals surface area (Å²) in [4.78, 5) is 3.03. The van der Waals surface area contributed by atoms with Crippen molar-refractivity contribution >= 4 is 22.6 Å². The molecular weight excluding hydrogens is 320 g/mol. The Morgan fingerprint density at radius 1 is 1.29 bits per heavy atom. The zero-order valence-electron chi connectivity index (χ0n) is 6.45. The van der Waals surface area contributed by atoms with Gasteiger partial charge in [-0.25, -0.2) is 8.78 Å². The van der Waals surface area contributed by atoms with E-state index >= 15 is 0 Å². The molecule has 78 valence electrons. The molecule has 1 aromatic rings. The van der Waals surface area contributed by atoms with Crippen LogP contribution in [0.25, 0.3) is 0 Å². The topological polar surface area (TPSA) is 12.9 Å². The van der Waals surface area contributed by atoms with E-state index in [0.717, 1.165) is 12.3 Å². The summed E-state index contributed by atoms with van der Waals surface area (Å²) in [5.74, 6) is 0. The molecule has 0 saturated heterocycles. The van der Waals surface area contributed by atoms with Crippen LogP contribution < -0.4 is 0 Å². The molecule has 0 fully saturated rings. The minimum atomic E-state index is -4.69. The van der Waals surface area contributed by atoms with Gasteiger partial charge in [-0.15, -0.1) is 0 Å². The molecule has 7 heteroatoms. The van der Waals surface area contributed by atoms with Crippen LogP contribution in [0.2, 0.25) is 0 Å². The molecular formula is C7H3F5IN. The fraction of sp³-hybridized carbons (Fsp3) is 0.286. The highest BCUT2D eigenvalue weighted by atomic mass is 127. The highest BCUT2D eigenvalue weighted by Gasteiger charge is 2.36. The summed E-state index contributed by atoms with van der Waals surface area (Å²) in [6.45, 7) is 0. The maximum Gasteiger partial charge on any atom is 0.434 e. The highest BCUT2D eigenvalue weighted by molar-refractivity contribution is 14.1. The molecule has 0 unspecified atom stereocenters. The molecule has 14 heavy (non-hydrogen) atoms. The Hall–Kier alpha value is -0.470. The smallest absolute Gasteiger partial charge is 0.251 e. The van der Waals surface area contributed by atoms with Gasteiger partial charge in [0.15, 0.2) is 5.69 Å². The standard InChI is InChI=1S/C7H3F5IN/c8-6(9)3-1-2-14-5(4(3)13)7(10,11)12/h1-2,6H. The van der Waals surface area contributed by atoms with Gasteiger partial charge in [-0.1, -0.05) is 0 Å². The van der Waals surface area contributed by atoms with E-state index in [0.29, 0.717) is 0 Å². The van der Waals surface area contributed by atoms with Gasteiger partial charge in [0.25, 0.3) is 6.43 Å². The molecule has 0 radical (unpaired) electrons. The first-order valence-corrected chi connectivity index (χ1v) is 4.41. The maximum atomic E-state index is 12.2. The van der Waals surface area contributed by atoms with E-state index in [-0.39, 0.29) is 0 Å².